The Morgan fingerprint density at radius 2 is 2.06 bits per heavy atom. The van der Waals surface area contributed by atoms with Gasteiger partial charge in [0.15, 0.2) is 0 Å². The van der Waals surface area contributed by atoms with Crippen LogP contribution in [-0.4, -0.2) is 35.3 Å². The number of nitrogens with one attached hydrogen (secondary N) is 1. The molecule has 4 heteroatoms. The lowest BCUT2D eigenvalue weighted by molar-refractivity contribution is -0.150. The molecular formula is C14H24N2O2. The number of rotatable bonds is 4. The quantitative estimate of drug-likeness (QED) is 0.774. The van der Waals surface area contributed by atoms with Crippen LogP contribution >= 0.6 is 0 Å². The largest absolute Gasteiger partial charge is 0.343 e. The van der Waals surface area contributed by atoms with Gasteiger partial charge in [0.05, 0.1) is 0 Å². The number of carbonyl (C=O) groups excluding carboxylic acids is 2. The molecule has 0 aromatic heterocycles. The van der Waals surface area contributed by atoms with E-state index < -0.39 is 6.04 Å². The van der Waals surface area contributed by atoms with Crippen LogP contribution in [0.2, 0.25) is 0 Å². The van der Waals surface area contributed by atoms with Gasteiger partial charge in [-0.25, -0.2) is 0 Å². The molecule has 1 heterocycles. The summed E-state index contributed by atoms with van der Waals surface area (Å²) in [5, 5.41) is 2.76. The average Bonchev–Trinajstić information content (AvgIpc) is 2.30. The van der Waals surface area contributed by atoms with Crippen molar-refractivity contribution >= 4 is 11.8 Å². The molecule has 3 atom stereocenters. The van der Waals surface area contributed by atoms with E-state index in [2.05, 4.69) is 5.32 Å². The first kappa shape index (κ1) is 14.7. The van der Waals surface area contributed by atoms with Crippen LogP contribution in [-0.2, 0) is 9.59 Å². The highest BCUT2D eigenvalue weighted by molar-refractivity contribution is 5.97. The third-order valence-corrected chi connectivity index (χ3v) is 3.50. The maximum atomic E-state index is 12.2. The Bertz CT molecular complexity index is 359. The lowest BCUT2D eigenvalue weighted by atomic mass is 9.93. The summed E-state index contributed by atoms with van der Waals surface area (Å²) in [4.78, 5) is 26.0. The van der Waals surface area contributed by atoms with Crippen molar-refractivity contribution in [2.45, 2.75) is 53.1 Å². The fraction of sp³-hybridized carbons (Fsp3) is 0.714. The average molecular weight is 252 g/mol. The number of nitrogens with zero attached hydrogens (tertiary/aromatic N) is 1. The smallest absolute Gasteiger partial charge is 0.245 e. The van der Waals surface area contributed by atoms with Crippen molar-refractivity contribution in [2.24, 2.45) is 5.92 Å². The van der Waals surface area contributed by atoms with Crippen LogP contribution in [0.25, 0.3) is 0 Å². The van der Waals surface area contributed by atoms with Gasteiger partial charge in [0.2, 0.25) is 11.8 Å². The molecule has 0 aromatic carbocycles. The second kappa shape index (κ2) is 6.03. The van der Waals surface area contributed by atoms with Crippen LogP contribution in [0.4, 0.5) is 0 Å². The number of allylic oxidation sites excluding steroid dienone is 1. The SMILES string of the molecule is CCC(C)C1C(=O)NC(C)C(=O)N1CC=C(C)C. The zero-order chi connectivity index (χ0) is 13.9. The van der Waals surface area contributed by atoms with E-state index >= 15 is 0 Å². The fourth-order valence-corrected chi connectivity index (χ4v) is 2.16. The van der Waals surface area contributed by atoms with Crippen molar-refractivity contribution in [2.75, 3.05) is 6.54 Å². The molecule has 0 radical (unpaired) electrons. The van der Waals surface area contributed by atoms with Gasteiger partial charge in [-0.3, -0.25) is 9.59 Å². The van der Waals surface area contributed by atoms with Crippen LogP contribution in [0.1, 0.15) is 41.0 Å². The van der Waals surface area contributed by atoms with E-state index in [4.69, 9.17) is 0 Å². The molecule has 0 saturated carbocycles. The first-order valence-electron chi connectivity index (χ1n) is 6.62. The van der Waals surface area contributed by atoms with E-state index in [1.807, 2.05) is 33.8 Å². The highest BCUT2D eigenvalue weighted by Crippen LogP contribution is 2.20. The van der Waals surface area contributed by atoms with Gasteiger partial charge in [0, 0.05) is 6.54 Å². The molecule has 0 bridgehead atoms. The van der Waals surface area contributed by atoms with Crippen molar-refractivity contribution < 1.29 is 9.59 Å². The number of hydrogen-bond acceptors (Lipinski definition) is 2. The molecule has 1 aliphatic heterocycles. The van der Waals surface area contributed by atoms with Gasteiger partial charge < -0.3 is 10.2 Å². The Hall–Kier alpha value is -1.32. The zero-order valence-electron chi connectivity index (χ0n) is 12.0. The second-order valence-electron chi connectivity index (χ2n) is 5.33. The van der Waals surface area contributed by atoms with Gasteiger partial charge >= 0.3 is 0 Å². The summed E-state index contributed by atoms with van der Waals surface area (Å²) in [6.07, 6.45) is 2.88. The minimum atomic E-state index is -0.414. The van der Waals surface area contributed by atoms with Crippen molar-refractivity contribution in [3.63, 3.8) is 0 Å². The monoisotopic (exact) mass is 252 g/mol. The molecule has 4 nitrogen and oxygen atoms in total. The van der Waals surface area contributed by atoms with E-state index in [1.54, 1.807) is 11.8 Å². The molecule has 1 fully saturated rings. The van der Waals surface area contributed by atoms with E-state index in [-0.39, 0.29) is 23.8 Å². The minimum absolute atomic E-state index is 0.0115. The number of piperazine rings is 1. The standard InChI is InChI=1S/C14H24N2O2/c1-6-10(4)12-13(17)15-11(5)14(18)16(12)8-7-9(2)3/h7,10-12H,6,8H2,1-5H3,(H,15,17). The second-order valence-corrected chi connectivity index (χ2v) is 5.33. The highest BCUT2D eigenvalue weighted by atomic mass is 16.2. The van der Waals surface area contributed by atoms with Gasteiger partial charge in [-0.2, -0.15) is 0 Å². The van der Waals surface area contributed by atoms with Crippen LogP contribution < -0.4 is 5.32 Å². The Morgan fingerprint density at radius 3 is 2.56 bits per heavy atom. The molecule has 2 amide bonds. The van der Waals surface area contributed by atoms with Gasteiger partial charge in [0.1, 0.15) is 12.1 Å². The molecular weight excluding hydrogens is 228 g/mol. The van der Waals surface area contributed by atoms with Gasteiger partial charge in [-0.15, -0.1) is 0 Å². The van der Waals surface area contributed by atoms with E-state index in [0.29, 0.717) is 6.54 Å². The molecule has 1 N–H and O–H groups in total. The molecule has 18 heavy (non-hydrogen) atoms. The van der Waals surface area contributed by atoms with E-state index in [0.717, 1.165) is 12.0 Å². The predicted molar refractivity (Wildman–Crippen MR) is 72.0 cm³/mol. The summed E-state index contributed by atoms with van der Waals surface area (Å²) in [7, 11) is 0. The molecule has 1 rings (SSSR count). The summed E-state index contributed by atoms with van der Waals surface area (Å²) in [5.41, 5.74) is 1.16. The van der Waals surface area contributed by atoms with Gasteiger partial charge in [-0.1, -0.05) is 31.9 Å². The third kappa shape index (κ3) is 3.12. The first-order chi connectivity index (χ1) is 8.38. The minimum Gasteiger partial charge on any atom is -0.343 e. The molecule has 1 saturated heterocycles. The predicted octanol–water partition coefficient (Wildman–Crippen LogP) is 1.71. The number of hydrogen-bond donors (Lipinski definition) is 1. The molecule has 3 unspecified atom stereocenters. The Kier molecular flexibility index (Phi) is 4.93. The van der Waals surface area contributed by atoms with Crippen LogP contribution in [0, 0.1) is 5.92 Å². The third-order valence-electron chi connectivity index (χ3n) is 3.50. The molecule has 0 aliphatic carbocycles. The summed E-state index contributed by atoms with van der Waals surface area (Å²) < 4.78 is 0. The van der Waals surface area contributed by atoms with Crippen molar-refractivity contribution in [1.82, 2.24) is 10.2 Å². The lowest BCUT2D eigenvalue weighted by Crippen LogP contribution is -2.64. The topological polar surface area (TPSA) is 49.4 Å². The Labute approximate surface area is 109 Å². The molecule has 0 aromatic rings. The normalized spacial score (nSPS) is 25.7. The van der Waals surface area contributed by atoms with E-state index in [9.17, 15) is 9.59 Å². The van der Waals surface area contributed by atoms with Crippen molar-refractivity contribution in [1.29, 1.82) is 0 Å². The maximum absolute atomic E-state index is 12.2. The number of carbonyl (C=O) groups is 2. The Morgan fingerprint density at radius 1 is 1.44 bits per heavy atom. The van der Waals surface area contributed by atoms with Crippen molar-refractivity contribution in [3.05, 3.63) is 11.6 Å². The highest BCUT2D eigenvalue weighted by Gasteiger charge is 2.40. The summed E-state index contributed by atoms with van der Waals surface area (Å²) in [6.45, 7) is 10.3. The molecule has 0 spiro atoms. The zero-order valence-corrected chi connectivity index (χ0v) is 12.0. The van der Waals surface area contributed by atoms with Crippen molar-refractivity contribution in [3.8, 4) is 0 Å². The van der Waals surface area contributed by atoms with Crippen LogP contribution in [0.5, 0.6) is 0 Å². The fourth-order valence-electron chi connectivity index (χ4n) is 2.16. The summed E-state index contributed by atoms with van der Waals surface area (Å²) >= 11 is 0. The van der Waals surface area contributed by atoms with Gasteiger partial charge in [0.25, 0.3) is 0 Å². The Balaban J connectivity index is 2.97. The van der Waals surface area contributed by atoms with E-state index in [1.165, 1.54) is 0 Å². The van der Waals surface area contributed by atoms with Crippen LogP contribution in [0.3, 0.4) is 0 Å². The summed E-state index contributed by atoms with van der Waals surface area (Å²) in [5.74, 6) is 0.156. The lowest BCUT2D eigenvalue weighted by Gasteiger charge is -2.40. The maximum Gasteiger partial charge on any atom is 0.245 e. The molecule has 102 valence electrons. The van der Waals surface area contributed by atoms with Gasteiger partial charge in [-0.05, 0) is 26.7 Å². The van der Waals surface area contributed by atoms with Crippen LogP contribution in [0.15, 0.2) is 11.6 Å². The molecule has 1 aliphatic rings. The first-order valence-corrected chi connectivity index (χ1v) is 6.62. The number of amides is 2. The summed E-state index contributed by atoms with van der Waals surface area (Å²) in [6, 6.07) is -0.752.